The molecule has 6 nitrogen and oxygen atoms in total. The minimum Gasteiger partial charge on any atom is -0.480 e. The highest BCUT2D eigenvalue weighted by Gasteiger charge is 2.41. The fraction of sp³-hybridized carbons (Fsp3) is 0.353. The van der Waals surface area contributed by atoms with E-state index in [1.54, 1.807) is 34.6 Å². The van der Waals surface area contributed by atoms with E-state index in [0.29, 0.717) is 35.1 Å². The van der Waals surface area contributed by atoms with Gasteiger partial charge in [0, 0.05) is 5.69 Å². The average molecular weight is 380 g/mol. The maximum Gasteiger partial charge on any atom is 0.329 e. The molecule has 1 aliphatic rings. The van der Waals surface area contributed by atoms with Crippen LogP contribution in [0, 0.1) is 6.92 Å². The number of nitrogens with one attached hydrogen (secondary N) is 1. The average Bonchev–Trinajstić information content (AvgIpc) is 2.98. The Morgan fingerprint density at radius 2 is 2.00 bits per heavy atom. The van der Waals surface area contributed by atoms with Crippen LogP contribution in [0.25, 0.3) is 5.69 Å². The lowest BCUT2D eigenvalue weighted by Crippen LogP contribution is -2.56. The van der Waals surface area contributed by atoms with Crippen LogP contribution in [0.3, 0.4) is 0 Å². The summed E-state index contributed by atoms with van der Waals surface area (Å²) in [4.78, 5) is 24.3. The quantitative estimate of drug-likeness (QED) is 0.853. The summed E-state index contributed by atoms with van der Waals surface area (Å²) >= 11 is 7.89. The number of aliphatic carboxylic acids is 1. The minimum absolute atomic E-state index is 0.177. The lowest BCUT2D eigenvalue weighted by atomic mass is 9.92. The summed E-state index contributed by atoms with van der Waals surface area (Å²) in [6, 6.07) is 8.83. The minimum atomic E-state index is -1.22. The molecule has 25 heavy (non-hydrogen) atoms. The largest absolute Gasteiger partial charge is 0.480 e. The summed E-state index contributed by atoms with van der Waals surface area (Å²) in [5, 5.41) is 17.1. The number of thioether (sulfide) groups is 1. The van der Waals surface area contributed by atoms with Gasteiger partial charge in [0.1, 0.15) is 5.54 Å². The zero-order chi connectivity index (χ0) is 18.0. The third-order valence-electron chi connectivity index (χ3n) is 4.31. The van der Waals surface area contributed by atoms with Crippen LogP contribution < -0.4 is 5.32 Å². The van der Waals surface area contributed by atoms with Crippen molar-refractivity contribution in [2.24, 2.45) is 0 Å². The topological polar surface area (TPSA) is 84.2 Å². The van der Waals surface area contributed by atoms with Gasteiger partial charge in [-0.2, -0.15) is 16.9 Å². The van der Waals surface area contributed by atoms with Crippen molar-refractivity contribution in [2.45, 2.75) is 25.3 Å². The second-order valence-corrected chi connectivity index (χ2v) is 7.62. The van der Waals surface area contributed by atoms with Crippen molar-refractivity contribution in [2.75, 3.05) is 11.5 Å². The molecule has 1 aromatic carbocycles. The summed E-state index contributed by atoms with van der Waals surface area (Å²) in [5.74, 6) is -0.0640. The number of hydrogen-bond acceptors (Lipinski definition) is 4. The van der Waals surface area contributed by atoms with Crippen molar-refractivity contribution < 1.29 is 14.7 Å². The molecule has 0 spiro atoms. The first kappa shape index (κ1) is 17.8. The van der Waals surface area contributed by atoms with Gasteiger partial charge in [0.15, 0.2) is 5.69 Å². The Hall–Kier alpha value is -1.99. The van der Waals surface area contributed by atoms with Gasteiger partial charge in [-0.05, 0) is 49.5 Å². The number of amides is 1. The van der Waals surface area contributed by atoms with Crippen LogP contribution in [0.5, 0.6) is 0 Å². The lowest BCUT2D eigenvalue weighted by Gasteiger charge is -2.33. The number of para-hydroxylation sites is 1. The maximum absolute atomic E-state index is 12.6. The smallest absolute Gasteiger partial charge is 0.329 e. The zero-order valence-electron chi connectivity index (χ0n) is 13.7. The Morgan fingerprint density at radius 3 is 2.64 bits per heavy atom. The summed E-state index contributed by atoms with van der Waals surface area (Å²) in [6.45, 7) is 1.82. The Labute approximate surface area is 154 Å². The molecule has 1 fully saturated rings. The van der Waals surface area contributed by atoms with Crippen molar-refractivity contribution in [3.05, 3.63) is 46.7 Å². The Morgan fingerprint density at radius 1 is 1.32 bits per heavy atom. The van der Waals surface area contributed by atoms with E-state index in [1.807, 2.05) is 19.1 Å². The first-order valence-electron chi connectivity index (χ1n) is 7.88. The van der Waals surface area contributed by atoms with Crippen LogP contribution in [0.2, 0.25) is 5.02 Å². The molecule has 1 amide bonds. The van der Waals surface area contributed by atoms with Crippen LogP contribution in [0.15, 0.2) is 30.3 Å². The van der Waals surface area contributed by atoms with Crippen molar-refractivity contribution in [3.63, 3.8) is 0 Å². The van der Waals surface area contributed by atoms with Gasteiger partial charge in [-0.1, -0.05) is 23.7 Å². The predicted molar refractivity (Wildman–Crippen MR) is 97.7 cm³/mol. The van der Waals surface area contributed by atoms with Gasteiger partial charge in [0.2, 0.25) is 0 Å². The molecule has 0 bridgehead atoms. The molecule has 2 N–H and O–H groups in total. The number of carboxylic acids is 1. The number of carboxylic acid groups (broad SMARTS) is 1. The molecule has 0 radical (unpaired) electrons. The van der Waals surface area contributed by atoms with Gasteiger partial charge < -0.3 is 10.4 Å². The Bertz CT molecular complexity index is 815. The number of aryl methyl sites for hydroxylation is 1. The first-order chi connectivity index (χ1) is 11.9. The van der Waals surface area contributed by atoms with E-state index in [0.717, 1.165) is 5.69 Å². The Kier molecular flexibility index (Phi) is 5.06. The van der Waals surface area contributed by atoms with E-state index in [1.165, 1.54) is 0 Å². The molecule has 0 unspecified atom stereocenters. The van der Waals surface area contributed by atoms with Gasteiger partial charge in [-0.15, -0.1) is 0 Å². The van der Waals surface area contributed by atoms with Gasteiger partial charge in [-0.3, -0.25) is 4.79 Å². The van der Waals surface area contributed by atoms with Crippen molar-refractivity contribution in [3.8, 4) is 5.69 Å². The highest BCUT2D eigenvalue weighted by Crippen LogP contribution is 2.28. The molecule has 1 aliphatic heterocycles. The molecule has 0 saturated carbocycles. The second-order valence-electron chi connectivity index (χ2n) is 5.99. The van der Waals surface area contributed by atoms with Crippen LogP contribution in [-0.4, -0.2) is 43.8 Å². The van der Waals surface area contributed by atoms with Crippen molar-refractivity contribution >= 4 is 35.2 Å². The third kappa shape index (κ3) is 3.52. The van der Waals surface area contributed by atoms with Crippen LogP contribution in [0.1, 0.15) is 29.0 Å². The fourth-order valence-corrected chi connectivity index (χ4v) is 4.25. The van der Waals surface area contributed by atoms with Gasteiger partial charge >= 0.3 is 5.97 Å². The maximum atomic E-state index is 12.6. The number of carbonyl (C=O) groups is 2. The lowest BCUT2D eigenvalue weighted by molar-refractivity contribution is -0.144. The van der Waals surface area contributed by atoms with E-state index in [9.17, 15) is 14.7 Å². The van der Waals surface area contributed by atoms with Gasteiger partial charge in [0.05, 0.1) is 10.7 Å². The van der Waals surface area contributed by atoms with E-state index < -0.39 is 17.4 Å². The summed E-state index contributed by atoms with van der Waals surface area (Å²) in [5.41, 5.74) is 0.366. The molecule has 0 aliphatic carbocycles. The predicted octanol–water partition coefficient (Wildman–Crippen LogP) is 2.91. The molecular weight excluding hydrogens is 362 g/mol. The fourth-order valence-electron chi connectivity index (χ4n) is 2.85. The zero-order valence-corrected chi connectivity index (χ0v) is 15.2. The molecular formula is C17H18ClN3O3S. The third-order valence-corrected chi connectivity index (χ3v) is 5.61. The van der Waals surface area contributed by atoms with Gasteiger partial charge in [0.25, 0.3) is 5.91 Å². The molecule has 132 valence electrons. The molecule has 3 rings (SSSR count). The number of halogens is 1. The van der Waals surface area contributed by atoms with E-state index in [2.05, 4.69) is 10.4 Å². The number of benzene rings is 1. The van der Waals surface area contributed by atoms with Crippen molar-refractivity contribution in [1.29, 1.82) is 0 Å². The van der Waals surface area contributed by atoms with Gasteiger partial charge in [-0.25, -0.2) is 9.48 Å². The van der Waals surface area contributed by atoms with E-state index in [4.69, 9.17) is 11.6 Å². The van der Waals surface area contributed by atoms with Crippen LogP contribution in [0.4, 0.5) is 0 Å². The highest BCUT2D eigenvalue weighted by molar-refractivity contribution is 7.99. The molecule has 8 heteroatoms. The molecule has 1 aromatic heterocycles. The number of carbonyl (C=O) groups excluding carboxylic acids is 1. The molecule has 0 atom stereocenters. The first-order valence-corrected chi connectivity index (χ1v) is 9.41. The summed E-state index contributed by atoms with van der Waals surface area (Å²) < 4.78 is 1.58. The highest BCUT2D eigenvalue weighted by atomic mass is 35.5. The summed E-state index contributed by atoms with van der Waals surface area (Å²) in [6.07, 6.45) is 0.811. The SMILES string of the molecule is Cc1cc(C(=O)NC2(C(=O)O)CCSCC2)nn1-c1ccccc1Cl. The summed E-state index contributed by atoms with van der Waals surface area (Å²) in [7, 11) is 0. The number of hydrogen-bond donors (Lipinski definition) is 2. The Balaban J connectivity index is 1.87. The second kappa shape index (κ2) is 7.09. The van der Waals surface area contributed by atoms with E-state index >= 15 is 0 Å². The van der Waals surface area contributed by atoms with Crippen LogP contribution >= 0.6 is 23.4 Å². The normalized spacial score (nSPS) is 16.4. The molecule has 2 heterocycles. The van der Waals surface area contributed by atoms with Crippen LogP contribution in [-0.2, 0) is 4.79 Å². The standard InChI is InChI=1S/C17H18ClN3O3S/c1-11-10-13(20-21(11)14-5-3-2-4-12(14)18)15(22)19-17(16(23)24)6-8-25-9-7-17/h2-5,10H,6-9H2,1H3,(H,19,22)(H,23,24). The number of nitrogens with zero attached hydrogens (tertiary/aromatic N) is 2. The monoisotopic (exact) mass is 379 g/mol. The van der Waals surface area contributed by atoms with Crippen molar-refractivity contribution in [1.82, 2.24) is 15.1 Å². The number of rotatable bonds is 4. The molecule has 1 saturated heterocycles. The number of aromatic nitrogens is 2. The van der Waals surface area contributed by atoms with E-state index in [-0.39, 0.29) is 5.69 Å². The molecule has 2 aromatic rings.